The Balaban J connectivity index is 1.89. The van der Waals surface area contributed by atoms with E-state index in [9.17, 15) is 9.59 Å². The molecule has 1 atom stereocenters. The van der Waals surface area contributed by atoms with Crippen LogP contribution in [0.5, 0.6) is 0 Å². The standard InChI is InChI=1S/C18H28N2O3S/c1-4-5-15(19-17(21)7-10-23-13(2)3)18(22)20-9-6-16-14(12-20)8-11-24-16/h8,11,13,15H,4-7,9-10,12H2,1-3H3,(H,19,21)/t15-/m0/s1. The molecule has 0 spiro atoms. The second-order valence-corrected chi connectivity index (χ2v) is 7.46. The van der Waals surface area contributed by atoms with Crippen LogP contribution >= 0.6 is 11.3 Å². The highest BCUT2D eigenvalue weighted by Crippen LogP contribution is 2.24. The van der Waals surface area contributed by atoms with Gasteiger partial charge < -0.3 is 15.0 Å². The van der Waals surface area contributed by atoms with Crippen LogP contribution in [0.15, 0.2) is 11.4 Å². The smallest absolute Gasteiger partial charge is 0.245 e. The summed E-state index contributed by atoms with van der Waals surface area (Å²) in [4.78, 5) is 28.2. The van der Waals surface area contributed by atoms with Crippen molar-refractivity contribution in [2.75, 3.05) is 13.2 Å². The topological polar surface area (TPSA) is 58.6 Å². The van der Waals surface area contributed by atoms with Crippen LogP contribution in [-0.4, -0.2) is 42.0 Å². The molecule has 1 N–H and O–H groups in total. The van der Waals surface area contributed by atoms with E-state index in [1.165, 1.54) is 10.4 Å². The lowest BCUT2D eigenvalue weighted by atomic mass is 10.1. The summed E-state index contributed by atoms with van der Waals surface area (Å²) in [5.41, 5.74) is 1.24. The van der Waals surface area contributed by atoms with E-state index in [-0.39, 0.29) is 17.9 Å². The van der Waals surface area contributed by atoms with Crippen LogP contribution in [0.1, 0.15) is 50.5 Å². The van der Waals surface area contributed by atoms with Gasteiger partial charge in [0.15, 0.2) is 0 Å². The van der Waals surface area contributed by atoms with E-state index in [0.29, 0.717) is 26.0 Å². The molecule has 5 nitrogen and oxygen atoms in total. The minimum atomic E-state index is -0.429. The molecule has 1 aromatic rings. The van der Waals surface area contributed by atoms with Crippen molar-refractivity contribution < 1.29 is 14.3 Å². The van der Waals surface area contributed by atoms with Crippen LogP contribution in [-0.2, 0) is 27.3 Å². The van der Waals surface area contributed by atoms with Gasteiger partial charge in [-0.1, -0.05) is 13.3 Å². The van der Waals surface area contributed by atoms with E-state index < -0.39 is 6.04 Å². The highest BCUT2D eigenvalue weighted by molar-refractivity contribution is 7.10. The maximum absolute atomic E-state index is 12.8. The summed E-state index contributed by atoms with van der Waals surface area (Å²) in [7, 11) is 0. The van der Waals surface area contributed by atoms with Crippen LogP contribution in [0.3, 0.4) is 0 Å². The molecule has 2 amide bonds. The summed E-state index contributed by atoms with van der Waals surface area (Å²) in [5, 5.41) is 4.98. The fourth-order valence-corrected chi connectivity index (χ4v) is 3.75. The number of nitrogens with zero attached hydrogens (tertiary/aromatic N) is 1. The molecule has 2 rings (SSSR count). The summed E-state index contributed by atoms with van der Waals surface area (Å²) < 4.78 is 5.41. The van der Waals surface area contributed by atoms with E-state index in [4.69, 9.17) is 4.74 Å². The molecule has 0 saturated heterocycles. The summed E-state index contributed by atoms with van der Waals surface area (Å²) >= 11 is 1.76. The SMILES string of the molecule is CCC[C@H](NC(=O)CCOC(C)C)C(=O)N1CCc2sccc2C1. The van der Waals surface area contributed by atoms with Crippen LogP contribution in [0.2, 0.25) is 0 Å². The number of hydrogen-bond donors (Lipinski definition) is 1. The number of fused-ring (bicyclic) bond motifs is 1. The highest BCUT2D eigenvalue weighted by atomic mass is 32.1. The minimum Gasteiger partial charge on any atom is -0.378 e. The van der Waals surface area contributed by atoms with Crippen molar-refractivity contribution in [3.8, 4) is 0 Å². The summed E-state index contributed by atoms with van der Waals surface area (Å²) in [6.07, 6.45) is 2.84. The molecule has 0 aliphatic carbocycles. The number of amides is 2. The van der Waals surface area contributed by atoms with Gasteiger partial charge in [0.1, 0.15) is 6.04 Å². The predicted octanol–water partition coefficient (Wildman–Crippen LogP) is 2.73. The van der Waals surface area contributed by atoms with Crippen molar-refractivity contribution in [2.24, 2.45) is 0 Å². The van der Waals surface area contributed by atoms with Gasteiger partial charge in [0, 0.05) is 24.4 Å². The molecular weight excluding hydrogens is 324 g/mol. The Kier molecular flexibility index (Phi) is 7.24. The maximum Gasteiger partial charge on any atom is 0.245 e. The maximum atomic E-state index is 12.8. The van der Waals surface area contributed by atoms with Gasteiger partial charge in [0.2, 0.25) is 11.8 Å². The molecule has 0 unspecified atom stereocenters. The van der Waals surface area contributed by atoms with Crippen molar-refractivity contribution in [2.45, 2.75) is 65.1 Å². The molecule has 24 heavy (non-hydrogen) atoms. The van der Waals surface area contributed by atoms with E-state index in [1.807, 2.05) is 25.7 Å². The number of ether oxygens (including phenoxy) is 1. The largest absolute Gasteiger partial charge is 0.378 e. The van der Waals surface area contributed by atoms with Gasteiger partial charge in [-0.3, -0.25) is 9.59 Å². The normalized spacial score (nSPS) is 15.2. The molecule has 1 aliphatic rings. The Morgan fingerprint density at radius 2 is 2.21 bits per heavy atom. The van der Waals surface area contributed by atoms with Crippen LogP contribution in [0, 0.1) is 0 Å². The molecule has 0 bridgehead atoms. The van der Waals surface area contributed by atoms with Crippen molar-refractivity contribution in [3.05, 3.63) is 21.9 Å². The molecule has 0 fully saturated rings. The van der Waals surface area contributed by atoms with E-state index >= 15 is 0 Å². The second-order valence-electron chi connectivity index (χ2n) is 6.46. The van der Waals surface area contributed by atoms with Gasteiger partial charge in [0.05, 0.1) is 12.7 Å². The third-order valence-electron chi connectivity index (χ3n) is 4.11. The van der Waals surface area contributed by atoms with Gasteiger partial charge in [-0.05, 0) is 43.7 Å². The molecule has 134 valence electrons. The lowest BCUT2D eigenvalue weighted by Gasteiger charge is -2.31. The molecule has 1 aromatic heterocycles. The summed E-state index contributed by atoms with van der Waals surface area (Å²) in [5.74, 6) is -0.0810. The van der Waals surface area contributed by atoms with Crippen molar-refractivity contribution in [3.63, 3.8) is 0 Å². The zero-order valence-corrected chi connectivity index (χ0v) is 15.7. The third kappa shape index (κ3) is 5.31. The quantitative estimate of drug-likeness (QED) is 0.783. The lowest BCUT2D eigenvalue weighted by molar-refractivity contribution is -0.137. The van der Waals surface area contributed by atoms with E-state index in [0.717, 1.165) is 19.4 Å². The number of carbonyl (C=O) groups excluding carboxylic acids is 2. The third-order valence-corrected chi connectivity index (χ3v) is 5.13. The average Bonchev–Trinajstić information content (AvgIpc) is 3.01. The zero-order valence-electron chi connectivity index (χ0n) is 14.8. The monoisotopic (exact) mass is 352 g/mol. The number of hydrogen-bond acceptors (Lipinski definition) is 4. The molecule has 1 aliphatic heterocycles. The Bertz CT molecular complexity index is 556. The van der Waals surface area contributed by atoms with Crippen LogP contribution < -0.4 is 5.32 Å². The number of carbonyl (C=O) groups is 2. The predicted molar refractivity (Wildman–Crippen MR) is 96.0 cm³/mol. The summed E-state index contributed by atoms with van der Waals surface area (Å²) in [6, 6.07) is 1.66. The Morgan fingerprint density at radius 1 is 1.42 bits per heavy atom. The Hall–Kier alpha value is -1.40. The molecule has 0 aromatic carbocycles. The first kappa shape index (κ1) is 18.9. The lowest BCUT2D eigenvalue weighted by Crippen LogP contribution is -2.49. The zero-order chi connectivity index (χ0) is 17.5. The second kappa shape index (κ2) is 9.18. The molecule has 0 radical (unpaired) electrons. The van der Waals surface area contributed by atoms with Gasteiger partial charge in [-0.15, -0.1) is 11.3 Å². The van der Waals surface area contributed by atoms with Gasteiger partial charge in [-0.2, -0.15) is 0 Å². The van der Waals surface area contributed by atoms with E-state index in [2.05, 4.69) is 16.8 Å². The van der Waals surface area contributed by atoms with E-state index in [1.54, 1.807) is 11.3 Å². The first-order valence-electron chi connectivity index (χ1n) is 8.76. The Morgan fingerprint density at radius 3 is 2.92 bits per heavy atom. The highest BCUT2D eigenvalue weighted by Gasteiger charge is 2.28. The number of rotatable bonds is 8. The first-order valence-corrected chi connectivity index (χ1v) is 9.64. The first-order chi connectivity index (χ1) is 11.5. The van der Waals surface area contributed by atoms with Crippen molar-refractivity contribution in [1.82, 2.24) is 10.2 Å². The fourth-order valence-electron chi connectivity index (χ4n) is 2.86. The molecule has 6 heteroatoms. The summed E-state index contributed by atoms with van der Waals surface area (Å²) in [6.45, 7) is 7.69. The average molecular weight is 353 g/mol. The van der Waals surface area contributed by atoms with Gasteiger partial charge >= 0.3 is 0 Å². The molecular formula is C18H28N2O3S. The number of thiophene rings is 1. The van der Waals surface area contributed by atoms with Crippen LogP contribution in [0.4, 0.5) is 0 Å². The molecule has 2 heterocycles. The van der Waals surface area contributed by atoms with Crippen molar-refractivity contribution >= 4 is 23.2 Å². The van der Waals surface area contributed by atoms with Gasteiger partial charge in [-0.25, -0.2) is 0 Å². The fraction of sp³-hybridized carbons (Fsp3) is 0.667. The van der Waals surface area contributed by atoms with Crippen molar-refractivity contribution in [1.29, 1.82) is 0 Å². The number of nitrogens with one attached hydrogen (secondary N) is 1. The Labute approximate surface area is 148 Å². The molecule has 0 saturated carbocycles. The minimum absolute atomic E-state index is 0.0341. The van der Waals surface area contributed by atoms with Crippen LogP contribution in [0.25, 0.3) is 0 Å². The van der Waals surface area contributed by atoms with Gasteiger partial charge in [0.25, 0.3) is 0 Å².